The van der Waals surface area contributed by atoms with Gasteiger partial charge in [0.15, 0.2) is 6.54 Å². The third-order valence-electron chi connectivity index (χ3n) is 7.01. The molecule has 14 heteroatoms. The van der Waals surface area contributed by atoms with Crippen LogP contribution in [0.2, 0.25) is 0 Å². The highest BCUT2D eigenvalue weighted by molar-refractivity contribution is 8.03. The largest absolute Gasteiger partial charge is 0.506 e. The first-order valence-electron chi connectivity index (χ1n) is 13.3. The predicted molar refractivity (Wildman–Crippen MR) is 162 cm³/mol. The summed E-state index contributed by atoms with van der Waals surface area (Å²) in [6, 6.07) is 8.69. The highest BCUT2D eigenvalue weighted by Crippen LogP contribution is 2.48. The molecule has 1 aromatic heterocycles. The third-order valence-corrected chi connectivity index (χ3v) is 10.9. The number of anilines is 1. The van der Waals surface area contributed by atoms with Crippen LogP contribution in [0.1, 0.15) is 44.5 Å². The Morgan fingerprint density at radius 3 is 2.24 bits per heavy atom. The van der Waals surface area contributed by atoms with Gasteiger partial charge < -0.3 is 10.0 Å². The molecular weight excluding hydrogens is 621 g/mol. The summed E-state index contributed by atoms with van der Waals surface area (Å²) in [4.78, 5) is 15.4. The van der Waals surface area contributed by atoms with Crippen LogP contribution in [-0.2, 0) is 31.6 Å². The number of rotatable bonds is 10. The number of fused-ring (bicyclic) bond motifs is 2. The molecule has 3 N–H and O–H groups in total. The Labute approximate surface area is 252 Å². The number of carbonyl (C=O) groups is 1. The van der Waals surface area contributed by atoms with Gasteiger partial charge in [-0.3, -0.25) is 13.9 Å². The number of hydrogen-bond acceptors (Lipinski definition) is 9. The number of aliphatic hydroxyl groups is 1. The van der Waals surface area contributed by atoms with Gasteiger partial charge in [0.1, 0.15) is 10.5 Å². The number of thiazole rings is 1. The molecule has 0 bridgehead atoms. The molecule has 1 aliphatic heterocycles. The van der Waals surface area contributed by atoms with E-state index in [1.807, 2.05) is 23.3 Å². The standard InChI is InChI=1S/C28H28N2O8S4/c1-3-5-11-29-21-9-7-17(41(33,34)35)13-23(21)39-25(29)15-19-27(31)20(28(19)32)16-26-30(12-6-4-2)22-10-8-18(42(36,37)38)14-24(22)40-26/h7-10,13-16H,3-6,11-12H2,1-2H3,(H2-,31,32,33,34,35,36,37,38)/p+1. The quantitative estimate of drug-likeness (QED) is 0.145. The topological polar surface area (TPSA) is 153 Å². The van der Waals surface area contributed by atoms with Crippen molar-refractivity contribution >= 4 is 71.1 Å². The maximum absolute atomic E-state index is 13.3. The molecule has 2 aliphatic rings. The van der Waals surface area contributed by atoms with Crippen LogP contribution >= 0.6 is 23.1 Å². The van der Waals surface area contributed by atoms with Gasteiger partial charge in [-0.15, -0.1) is 0 Å². The highest BCUT2D eigenvalue weighted by Gasteiger charge is 2.36. The first-order chi connectivity index (χ1) is 19.8. The predicted octanol–water partition coefficient (Wildman–Crippen LogP) is 5.51. The summed E-state index contributed by atoms with van der Waals surface area (Å²) in [5, 5.41) is 12.3. The van der Waals surface area contributed by atoms with E-state index in [0.29, 0.717) is 32.7 Å². The summed E-state index contributed by atoms with van der Waals surface area (Å²) in [6.07, 6.45) is 6.68. The zero-order valence-electron chi connectivity index (χ0n) is 22.8. The van der Waals surface area contributed by atoms with Gasteiger partial charge in [0.25, 0.3) is 25.2 Å². The Hall–Kier alpha value is -3.01. The molecule has 0 radical (unpaired) electrons. The molecule has 0 fully saturated rings. The van der Waals surface area contributed by atoms with E-state index in [-0.39, 0.29) is 32.5 Å². The first-order valence-corrected chi connectivity index (χ1v) is 17.8. The number of nitrogens with zero attached hydrogens (tertiary/aromatic N) is 2. The monoisotopic (exact) mass is 649 g/mol. The van der Waals surface area contributed by atoms with Gasteiger partial charge in [-0.25, -0.2) is 0 Å². The Morgan fingerprint density at radius 2 is 1.60 bits per heavy atom. The minimum atomic E-state index is -4.38. The molecule has 42 heavy (non-hydrogen) atoms. The fourth-order valence-corrected chi connectivity index (χ4v) is 8.26. The van der Waals surface area contributed by atoms with Crippen LogP contribution in [-0.4, -0.2) is 43.4 Å². The van der Waals surface area contributed by atoms with Crippen molar-refractivity contribution in [2.45, 2.75) is 60.8 Å². The van der Waals surface area contributed by atoms with E-state index < -0.39 is 20.2 Å². The smallest absolute Gasteiger partial charge is 0.294 e. The van der Waals surface area contributed by atoms with Crippen molar-refractivity contribution in [1.29, 1.82) is 0 Å². The second-order valence-corrected chi connectivity index (χ2v) is 14.9. The second-order valence-electron chi connectivity index (χ2n) is 9.89. The Bertz CT molecular complexity index is 1920. The summed E-state index contributed by atoms with van der Waals surface area (Å²) >= 11 is 2.51. The van der Waals surface area contributed by atoms with Gasteiger partial charge in [-0.05, 0) is 42.8 Å². The first kappa shape index (κ1) is 30.4. The lowest BCUT2D eigenvalue weighted by molar-refractivity contribution is -0.669. The maximum Gasteiger partial charge on any atom is 0.294 e. The average molecular weight is 650 g/mol. The normalized spacial score (nSPS) is 17.5. The lowest BCUT2D eigenvalue weighted by atomic mass is 9.88. The maximum atomic E-state index is 13.3. The van der Waals surface area contributed by atoms with E-state index in [9.17, 15) is 35.8 Å². The molecule has 1 aliphatic carbocycles. The zero-order chi connectivity index (χ0) is 30.4. The van der Waals surface area contributed by atoms with Crippen molar-refractivity contribution in [1.82, 2.24) is 0 Å². The van der Waals surface area contributed by atoms with Gasteiger partial charge in [0.05, 0.1) is 31.7 Å². The number of aryl methyl sites for hydroxylation is 1. The van der Waals surface area contributed by atoms with E-state index in [1.165, 1.54) is 47.4 Å². The number of unbranched alkanes of at least 4 members (excludes halogenated alkanes) is 2. The molecule has 0 saturated heterocycles. The van der Waals surface area contributed by atoms with E-state index in [4.69, 9.17) is 0 Å². The van der Waals surface area contributed by atoms with Gasteiger partial charge in [0, 0.05) is 30.0 Å². The van der Waals surface area contributed by atoms with Crippen molar-refractivity contribution in [3.63, 3.8) is 0 Å². The lowest BCUT2D eigenvalue weighted by Gasteiger charge is -2.23. The van der Waals surface area contributed by atoms with Crippen molar-refractivity contribution < 1.29 is 40.4 Å². The van der Waals surface area contributed by atoms with Gasteiger partial charge in [-0.1, -0.05) is 49.8 Å². The van der Waals surface area contributed by atoms with Crippen molar-refractivity contribution in [2.24, 2.45) is 0 Å². The number of thioether (sulfide) groups is 1. The molecule has 0 atom stereocenters. The fraction of sp³-hybridized carbons (Fsp3) is 0.286. The van der Waals surface area contributed by atoms with Crippen LogP contribution in [0.3, 0.4) is 0 Å². The minimum Gasteiger partial charge on any atom is -0.506 e. The van der Waals surface area contributed by atoms with Crippen LogP contribution in [0.15, 0.2) is 79.1 Å². The van der Waals surface area contributed by atoms with Gasteiger partial charge >= 0.3 is 0 Å². The average Bonchev–Trinajstić information content (AvgIpc) is 3.47. The second kappa shape index (κ2) is 11.6. The van der Waals surface area contributed by atoms with E-state index in [0.717, 1.165) is 36.9 Å². The van der Waals surface area contributed by atoms with E-state index in [2.05, 4.69) is 0 Å². The number of aromatic nitrogens is 1. The molecule has 2 aromatic carbocycles. The molecule has 0 unspecified atom stereocenters. The van der Waals surface area contributed by atoms with Gasteiger partial charge in [0.2, 0.25) is 11.3 Å². The van der Waals surface area contributed by atoms with Gasteiger partial charge in [-0.2, -0.15) is 21.4 Å². The number of aliphatic hydroxyl groups excluding tert-OH is 1. The van der Waals surface area contributed by atoms with E-state index in [1.54, 1.807) is 24.3 Å². The number of Topliss-reactive ketones (excluding diaryl/α,β-unsaturated/α-hetero) is 1. The van der Waals surface area contributed by atoms with Crippen LogP contribution in [0.4, 0.5) is 5.69 Å². The summed E-state index contributed by atoms with van der Waals surface area (Å²) in [6.45, 7) is 5.31. The highest BCUT2D eigenvalue weighted by atomic mass is 32.2. The van der Waals surface area contributed by atoms with E-state index >= 15 is 0 Å². The molecule has 5 rings (SSSR count). The van der Waals surface area contributed by atoms with Crippen LogP contribution in [0, 0.1) is 0 Å². The Balaban J connectivity index is 1.52. The number of carbonyl (C=O) groups excluding carboxylic acids is 1. The summed E-state index contributed by atoms with van der Waals surface area (Å²) in [5.41, 5.74) is 1.76. The van der Waals surface area contributed by atoms with Crippen molar-refractivity contribution in [3.8, 4) is 0 Å². The summed E-state index contributed by atoms with van der Waals surface area (Å²) in [5.74, 6) is -0.528. The lowest BCUT2D eigenvalue weighted by Crippen LogP contribution is -2.35. The van der Waals surface area contributed by atoms with Crippen molar-refractivity contribution in [2.75, 3.05) is 11.4 Å². The molecule has 10 nitrogen and oxygen atoms in total. The number of benzene rings is 2. The molecular formula is C28H29N2O8S4+. The Morgan fingerprint density at radius 1 is 0.929 bits per heavy atom. The SMILES string of the molecule is CCCCN1/C(=C/C2=C(O)C(=C/c3sc4cc(S(=O)(=O)O)ccc4[n+]3CCCC)/C2=O)Sc2cc(S(=O)(=O)O)ccc21. The zero-order valence-corrected chi connectivity index (χ0v) is 26.0. The molecule has 3 aromatic rings. The van der Waals surface area contributed by atoms with Crippen molar-refractivity contribution in [3.05, 3.63) is 69.4 Å². The minimum absolute atomic E-state index is 0.128. The molecule has 0 amide bonds. The number of hydrogen-bond donors (Lipinski definition) is 3. The number of allylic oxidation sites excluding steroid dienone is 3. The molecule has 0 spiro atoms. The number of ketones is 1. The van der Waals surface area contributed by atoms with Crippen LogP contribution < -0.4 is 9.47 Å². The van der Waals surface area contributed by atoms with Crippen LogP contribution in [0.25, 0.3) is 16.3 Å². The summed E-state index contributed by atoms with van der Waals surface area (Å²) in [7, 11) is -8.76. The molecule has 2 heterocycles. The summed E-state index contributed by atoms with van der Waals surface area (Å²) < 4.78 is 68.2. The van der Waals surface area contributed by atoms with Crippen LogP contribution in [0.5, 0.6) is 0 Å². The fourth-order valence-electron chi connectivity index (χ4n) is 4.76. The Kier molecular flexibility index (Phi) is 8.40. The molecule has 0 saturated carbocycles. The third kappa shape index (κ3) is 5.79. The molecule has 222 valence electrons.